The van der Waals surface area contributed by atoms with E-state index < -0.39 is 0 Å². The van der Waals surface area contributed by atoms with Gasteiger partial charge in [-0.3, -0.25) is 9.78 Å². The van der Waals surface area contributed by atoms with Crippen molar-refractivity contribution in [2.24, 2.45) is 0 Å². The summed E-state index contributed by atoms with van der Waals surface area (Å²) in [6.45, 7) is 7.95. The molecule has 4 rings (SSSR count). The number of rotatable bonds is 8. The third-order valence-corrected chi connectivity index (χ3v) is 5.71. The van der Waals surface area contributed by atoms with E-state index in [-0.39, 0.29) is 5.91 Å². The zero-order chi connectivity index (χ0) is 23.4. The first-order chi connectivity index (χ1) is 15.9. The predicted octanol–water partition coefficient (Wildman–Crippen LogP) is 5.21. The van der Waals surface area contributed by atoms with Crippen molar-refractivity contribution in [2.75, 3.05) is 13.7 Å². The van der Waals surface area contributed by atoms with Crippen LogP contribution in [0.15, 0.2) is 66.9 Å². The molecule has 170 valence electrons. The zero-order valence-electron chi connectivity index (χ0n) is 19.7. The Morgan fingerprint density at radius 2 is 1.88 bits per heavy atom. The lowest BCUT2D eigenvalue weighted by Gasteiger charge is -2.19. The van der Waals surface area contributed by atoms with Crippen LogP contribution in [0.2, 0.25) is 0 Å². The van der Waals surface area contributed by atoms with Crippen LogP contribution in [0.5, 0.6) is 5.75 Å². The second-order valence-electron chi connectivity index (χ2n) is 8.59. The molecule has 0 bridgehead atoms. The first kappa shape index (κ1) is 22.5. The average molecular weight is 443 g/mol. The Morgan fingerprint density at radius 1 is 1.09 bits per heavy atom. The Kier molecular flexibility index (Phi) is 6.73. The number of aryl methyl sites for hydroxylation is 1. The third-order valence-electron chi connectivity index (χ3n) is 5.71. The van der Waals surface area contributed by atoms with Crippen LogP contribution in [0.25, 0.3) is 11.0 Å². The van der Waals surface area contributed by atoms with Crippen LogP contribution in [0.3, 0.4) is 0 Å². The minimum atomic E-state index is -0.133. The van der Waals surface area contributed by atoms with Gasteiger partial charge >= 0.3 is 0 Å². The monoisotopic (exact) mass is 442 g/mol. The summed E-state index contributed by atoms with van der Waals surface area (Å²) in [6.07, 6.45) is 1.63. The number of nitrogens with zero attached hydrogens (tertiary/aromatic N) is 4. The smallest absolute Gasteiger partial charge is 0.272 e. The molecule has 0 atom stereocenters. The first-order valence-corrected chi connectivity index (χ1v) is 11.3. The van der Waals surface area contributed by atoms with Gasteiger partial charge in [0, 0.05) is 13.2 Å². The third kappa shape index (κ3) is 5.06. The molecule has 4 aromatic rings. The second kappa shape index (κ2) is 9.86. The number of imidazole rings is 1. The molecule has 2 aromatic heterocycles. The standard InChI is InChI=1S/C27H30N4O2/c1-19(2)21-13-12-20(3)17-25(21)33-16-15-31-24-11-6-5-9-22(24)29-26(31)18-30(4)27(32)23-10-7-8-14-28-23/h5-14,17,19H,15-16,18H2,1-4H3. The number of hydrogen-bond donors (Lipinski definition) is 0. The molecule has 2 heterocycles. The van der Waals surface area contributed by atoms with Crippen molar-refractivity contribution in [3.8, 4) is 5.75 Å². The molecule has 0 saturated carbocycles. The van der Waals surface area contributed by atoms with Crippen molar-refractivity contribution in [3.05, 3.63) is 89.5 Å². The number of carbonyl (C=O) groups is 1. The van der Waals surface area contributed by atoms with Gasteiger partial charge < -0.3 is 14.2 Å². The van der Waals surface area contributed by atoms with Gasteiger partial charge in [0.2, 0.25) is 0 Å². The van der Waals surface area contributed by atoms with Gasteiger partial charge in [0.1, 0.15) is 23.9 Å². The van der Waals surface area contributed by atoms with Crippen molar-refractivity contribution in [1.82, 2.24) is 19.4 Å². The highest BCUT2D eigenvalue weighted by Gasteiger charge is 2.18. The van der Waals surface area contributed by atoms with Crippen LogP contribution >= 0.6 is 0 Å². The largest absolute Gasteiger partial charge is 0.491 e. The van der Waals surface area contributed by atoms with E-state index in [0.717, 1.165) is 22.6 Å². The summed E-state index contributed by atoms with van der Waals surface area (Å²) in [5, 5.41) is 0. The van der Waals surface area contributed by atoms with Crippen molar-refractivity contribution in [3.63, 3.8) is 0 Å². The Morgan fingerprint density at radius 3 is 2.64 bits per heavy atom. The molecule has 2 aromatic carbocycles. The van der Waals surface area contributed by atoms with Crippen LogP contribution in [-0.2, 0) is 13.1 Å². The van der Waals surface area contributed by atoms with Crippen molar-refractivity contribution < 1.29 is 9.53 Å². The quantitative estimate of drug-likeness (QED) is 0.376. The summed E-state index contributed by atoms with van der Waals surface area (Å²) in [4.78, 5) is 23.4. The number of hydrogen-bond acceptors (Lipinski definition) is 4. The second-order valence-corrected chi connectivity index (χ2v) is 8.59. The molecule has 1 amide bonds. The van der Waals surface area contributed by atoms with E-state index in [2.05, 4.69) is 54.6 Å². The van der Waals surface area contributed by atoms with Gasteiger partial charge in [0.15, 0.2) is 0 Å². The SMILES string of the molecule is Cc1ccc(C(C)C)c(OCCn2c(CN(C)C(=O)c3ccccn3)nc3ccccc32)c1. The Hall–Kier alpha value is -3.67. The normalized spacial score (nSPS) is 11.2. The maximum absolute atomic E-state index is 12.8. The maximum Gasteiger partial charge on any atom is 0.272 e. The molecule has 0 radical (unpaired) electrons. The minimum Gasteiger partial charge on any atom is -0.491 e. The molecule has 0 aliphatic heterocycles. The maximum atomic E-state index is 12.8. The molecular formula is C27H30N4O2. The summed E-state index contributed by atoms with van der Waals surface area (Å²) < 4.78 is 8.38. The molecular weight excluding hydrogens is 412 g/mol. The highest BCUT2D eigenvalue weighted by atomic mass is 16.5. The van der Waals surface area contributed by atoms with E-state index in [1.165, 1.54) is 11.1 Å². The van der Waals surface area contributed by atoms with Crippen molar-refractivity contribution >= 4 is 16.9 Å². The molecule has 0 N–H and O–H groups in total. The fourth-order valence-electron chi connectivity index (χ4n) is 3.95. The van der Waals surface area contributed by atoms with Crippen LogP contribution in [-0.4, -0.2) is 39.0 Å². The Bertz CT molecular complexity index is 1250. The fraction of sp³-hybridized carbons (Fsp3) is 0.296. The number of para-hydroxylation sites is 2. The van der Waals surface area contributed by atoms with Gasteiger partial charge in [-0.05, 0) is 54.3 Å². The number of ether oxygens (including phenoxy) is 1. The van der Waals surface area contributed by atoms with Crippen molar-refractivity contribution in [2.45, 2.75) is 39.8 Å². The van der Waals surface area contributed by atoms with Gasteiger partial charge in [-0.25, -0.2) is 4.98 Å². The summed E-state index contributed by atoms with van der Waals surface area (Å²) in [5.41, 5.74) is 4.74. The highest BCUT2D eigenvalue weighted by Crippen LogP contribution is 2.27. The van der Waals surface area contributed by atoms with Gasteiger partial charge in [-0.2, -0.15) is 0 Å². The number of benzene rings is 2. The first-order valence-electron chi connectivity index (χ1n) is 11.3. The van der Waals surface area contributed by atoms with Crippen molar-refractivity contribution in [1.29, 1.82) is 0 Å². The lowest BCUT2D eigenvalue weighted by Crippen LogP contribution is -2.28. The lowest BCUT2D eigenvalue weighted by molar-refractivity contribution is 0.0774. The van der Waals surface area contributed by atoms with Crippen LogP contribution in [0, 0.1) is 6.92 Å². The predicted molar refractivity (Wildman–Crippen MR) is 131 cm³/mol. The van der Waals surface area contributed by atoms with Gasteiger partial charge in [-0.15, -0.1) is 0 Å². The fourth-order valence-corrected chi connectivity index (χ4v) is 3.95. The zero-order valence-corrected chi connectivity index (χ0v) is 19.7. The molecule has 0 spiro atoms. The molecule has 0 aliphatic carbocycles. The molecule has 33 heavy (non-hydrogen) atoms. The molecule has 0 saturated heterocycles. The van der Waals surface area contributed by atoms with E-state index in [0.29, 0.717) is 31.3 Å². The minimum absolute atomic E-state index is 0.133. The average Bonchev–Trinajstić information content (AvgIpc) is 3.16. The van der Waals surface area contributed by atoms with Gasteiger partial charge in [-0.1, -0.05) is 44.2 Å². The number of amides is 1. The number of pyridine rings is 1. The summed E-state index contributed by atoms with van der Waals surface area (Å²) in [6, 6.07) is 19.7. The molecule has 6 heteroatoms. The van der Waals surface area contributed by atoms with E-state index in [4.69, 9.17) is 9.72 Å². The summed E-state index contributed by atoms with van der Waals surface area (Å²) in [7, 11) is 1.78. The molecule has 0 fully saturated rings. The molecule has 0 unspecified atom stereocenters. The lowest BCUT2D eigenvalue weighted by atomic mass is 10.0. The van der Waals surface area contributed by atoms with Crippen LogP contribution < -0.4 is 4.74 Å². The number of fused-ring (bicyclic) bond motifs is 1. The van der Waals surface area contributed by atoms with E-state index in [1.807, 2.05) is 24.3 Å². The van der Waals surface area contributed by atoms with E-state index in [1.54, 1.807) is 30.3 Å². The topological polar surface area (TPSA) is 60.2 Å². The van der Waals surface area contributed by atoms with Crippen LogP contribution in [0.1, 0.15) is 47.2 Å². The molecule has 0 aliphatic rings. The number of carbonyl (C=O) groups excluding carboxylic acids is 1. The van der Waals surface area contributed by atoms with E-state index >= 15 is 0 Å². The van der Waals surface area contributed by atoms with E-state index in [9.17, 15) is 4.79 Å². The summed E-state index contributed by atoms with van der Waals surface area (Å²) in [5.74, 6) is 2.00. The summed E-state index contributed by atoms with van der Waals surface area (Å²) >= 11 is 0. The van der Waals surface area contributed by atoms with Crippen LogP contribution in [0.4, 0.5) is 0 Å². The Balaban J connectivity index is 1.55. The van der Waals surface area contributed by atoms with Gasteiger partial charge in [0.05, 0.1) is 24.1 Å². The number of aromatic nitrogens is 3. The van der Waals surface area contributed by atoms with Gasteiger partial charge in [0.25, 0.3) is 5.91 Å². The Labute approximate surface area is 194 Å². The molecule has 6 nitrogen and oxygen atoms in total. The highest BCUT2D eigenvalue weighted by molar-refractivity contribution is 5.92.